The summed E-state index contributed by atoms with van der Waals surface area (Å²) in [7, 11) is -3.88. The second kappa shape index (κ2) is 15.7. The number of sulfonamides is 1. The Morgan fingerprint density at radius 1 is 1.04 bits per heavy atom. The van der Waals surface area contributed by atoms with E-state index in [9.17, 15) is 36.8 Å². The molecule has 1 aliphatic carbocycles. The summed E-state index contributed by atoms with van der Waals surface area (Å²) in [4.78, 5) is 45.6. The molecule has 0 bridgehead atoms. The number of hydrogen-bond donors (Lipinski definition) is 0. The maximum absolute atomic E-state index is 13.6. The summed E-state index contributed by atoms with van der Waals surface area (Å²) >= 11 is 12.7. The molecule has 13 nitrogen and oxygen atoms in total. The van der Waals surface area contributed by atoms with Crippen molar-refractivity contribution in [2.75, 3.05) is 23.7 Å². The van der Waals surface area contributed by atoms with Crippen molar-refractivity contribution in [1.82, 2.24) is 9.88 Å². The van der Waals surface area contributed by atoms with Crippen LogP contribution < -0.4 is 18.5 Å². The number of carbonyl (C=O) groups excluding carboxylic acids is 3. The zero-order valence-electron chi connectivity index (χ0n) is 28.7. The maximum atomic E-state index is 13.6. The minimum atomic E-state index is -3.88. The highest BCUT2D eigenvalue weighted by Gasteiger charge is 2.39. The van der Waals surface area contributed by atoms with Crippen LogP contribution in [-0.4, -0.2) is 62.1 Å². The van der Waals surface area contributed by atoms with Gasteiger partial charge < -0.3 is 19.4 Å². The first-order valence-corrected chi connectivity index (χ1v) is 19.1. The molecule has 1 atom stereocenters. The summed E-state index contributed by atoms with van der Waals surface area (Å²) in [5, 5.41) is 11.8. The molecule has 284 valence electrons. The molecule has 18 heteroatoms. The van der Waals surface area contributed by atoms with E-state index in [1.54, 1.807) is 25.1 Å². The van der Waals surface area contributed by atoms with Crippen molar-refractivity contribution in [2.45, 2.75) is 45.4 Å². The van der Waals surface area contributed by atoms with Crippen molar-refractivity contribution in [1.29, 1.82) is 0 Å². The number of pyridine rings is 2. The van der Waals surface area contributed by atoms with Gasteiger partial charge in [0.25, 0.3) is 11.8 Å². The molecule has 54 heavy (non-hydrogen) atoms. The molecule has 0 saturated heterocycles. The topological polar surface area (TPSA) is 159 Å². The standard InChI is InChI=1S/C36H32Cl2F2N4O9S/c1-20-4-3-5-23(41-20)15-44(54(2,49)50)24-9-10-25-26(13-24)35(47)43(34(25)46)18-33(45)52-31(14-27-28(37)16-42(48)17-29(27)38)22-8-11-30(53-36(39)40)32(12-22)51-19-21-6-7-21/h3-5,8-13,16-17,21,31,36H,6-7,14-15,18-19H2,1-2H3/t31-/m0/s1. The van der Waals surface area contributed by atoms with Crippen LogP contribution in [-0.2, 0) is 32.5 Å². The Labute approximate surface area is 318 Å². The third kappa shape index (κ3) is 9.00. The molecular weight excluding hydrogens is 773 g/mol. The molecule has 2 aromatic carbocycles. The Bertz CT molecular complexity index is 2220. The zero-order valence-corrected chi connectivity index (χ0v) is 31.0. The number of amides is 2. The normalized spacial score (nSPS) is 14.6. The Balaban J connectivity index is 1.26. The molecule has 1 aliphatic heterocycles. The molecule has 0 radical (unpaired) electrons. The Hall–Kier alpha value is -5.06. The number of aryl methyl sites for hydroxylation is 1. The minimum Gasteiger partial charge on any atom is -0.619 e. The number of imide groups is 1. The third-order valence-corrected chi connectivity index (χ3v) is 10.4. The quantitative estimate of drug-likeness (QED) is 0.0621. The molecule has 0 spiro atoms. The number of aromatic nitrogens is 2. The van der Waals surface area contributed by atoms with E-state index in [0.29, 0.717) is 21.0 Å². The summed E-state index contributed by atoms with van der Waals surface area (Å²) in [5.74, 6) is -2.78. The average Bonchev–Trinajstić information content (AvgIpc) is 3.90. The number of anilines is 1. The summed E-state index contributed by atoms with van der Waals surface area (Å²) in [6.45, 7) is -2.15. The minimum absolute atomic E-state index is 0.0409. The maximum Gasteiger partial charge on any atom is 0.387 e. The van der Waals surface area contributed by atoms with Gasteiger partial charge in [-0.05, 0) is 73.7 Å². The number of benzene rings is 2. The molecule has 3 heterocycles. The molecule has 4 aromatic rings. The van der Waals surface area contributed by atoms with E-state index in [-0.39, 0.29) is 75.0 Å². The fourth-order valence-corrected chi connectivity index (χ4v) is 7.26. The summed E-state index contributed by atoms with van der Waals surface area (Å²) in [5.41, 5.74) is 1.47. The first-order valence-electron chi connectivity index (χ1n) is 16.5. The van der Waals surface area contributed by atoms with Crippen LogP contribution in [0.3, 0.4) is 0 Å². The van der Waals surface area contributed by atoms with E-state index < -0.39 is 47.1 Å². The number of esters is 1. The SMILES string of the molecule is Cc1cccc(CN(c2ccc3c(c2)C(=O)N(CC(=O)O[C@@H](Cc2c(Cl)c[n+]([O-])cc2Cl)c2ccc(OC(F)F)c(OCC4CC4)c2)C3=O)S(C)(=O)=O)n1. The van der Waals surface area contributed by atoms with Gasteiger partial charge in [-0.1, -0.05) is 35.3 Å². The molecule has 6 rings (SSSR count). The summed E-state index contributed by atoms with van der Waals surface area (Å²) in [6, 6.07) is 13.0. The molecule has 1 saturated carbocycles. The Kier molecular flexibility index (Phi) is 11.3. The Morgan fingerprint density at radius 3 is 2.39 bits per heavy atom. The molecule has 2 aliphatic rings. The van der Waals surface area contributed by atoms with Gasteiger partial charge >= 0.3 is 12.6 Å². The number of ether oxygens (including phenoxy) is 3. The van der Waals surface area contributed by atoms with Crippen molar-refractivity contribution >= 4 is 56.7 Å². The van der Waals surface area contributed by atoms with Crippen molar-refractivity contribution in [3.63, 3.8) is 0 Å². The van der Waals surface area contributed by atoms with E-state index in [1.807, 2.05) is 0 Å². The number of halogens is 4. The van der Waals surface area contributed by atoms with Gasteiger partial charge in [0.2, 0.25) is 10.0 Å². The zero-order chi connectivity index (χ0) is 38.9. The van der Waals surface area contributed by atoms with Crippen LogP contribution in [0.25, 0.3) is 0 Å². The van der Waals surface area contributed by atoms with Crippen LogP contribution in [0.15, 0.2) is 67.0 Å². The van der Waals surface area contributed by atoms with E-state index in [2.05, 4.69) is 9.72 Å². The lowest BCUT2D eigenvalue weighted by Gasteiger charge is -2.23. The van der Waals surface area contributed by atoms with Gasteiger partial charge in [0.1, 0.15) is 22.7 Å². The fourth-order valence-electron chi connectivity index (χ4n) is 5.80. The van der Waals surface area contributed by atoms with E-state index in [1.165, 1.54) is 36.4 Å². The van der Waals surface area contributed by atoms with Gasteiger partial charge in [0.05, 0.1) is 41.9 Å². The first-order chi connectivity index (χ1) is 25.6. The predicted molar refractivity (Wildman–Crippen MR) is 191 cm³/mol. The van der Waals surface area contributed by atoms with Crippen LogP contribution in [0.2, 0.25) is 10.0 Å². The van der Waals surface area contributed by atoms with Crippen LogP contribution in [0.1, 0.15) is 62.2 Å². The molecule has 0 unspecified atom stereocenters. The van der Waals surface area contributed by atoms with E-state index >= 15 is 0 Å². The van der Waals surface area contributed by atoms with Gasteiger partial charge in [0.15, 0.2) is 23.9 Å². The summed E-state index contributed by atoms with van der Waals surface area (Å²) in [6.07, 6.45) is 3.44. The lowest BCUT2D eigenvalue weighted by atomic mass is 10.0. The highest BCUT2D eigenvalue weighted by atomic mass is 35.5. The fraction of sp³-hybridized carbons (Fsp3) is 0.306. The van der Waals surface area contributed by atoms with Gasteiger partial charge in [-0.2, -0.15) is 13.5 Å². The lowest BCUT2D eigenvalue weighted by molar-refractivity contribution is -0.605. The van der Waals surface area contributed by atoms with E-state index in [4.69, 9.17) is 32.7 Å². The second-order valence-electron chi connectivity index (χ2n) is 12.8. The van der Waals surface area contributed by atoms with Gasteiger partial charge in [-0.25, -0.2) is 8.42 Å². The largest absolute Gasteiger partial charge is 0.619 e. The molecular formula is C36H32Cl2F2N4O9S. The van der Waals surface area contributed by atoms with Crippen LogP contribution in [0.4, 0.5) is 14.5 Å². The van der Waals surface area contributed by atoms with Crippen LogP contribution >= 0.6 is 23.2 Å². The highest BCUT2D eigenvalue weighted by molar-refractivity contribution is 7.92. The van der Waals surface area contributed by atoms with Crippen molar-refractivity contribution < 1.29 is 50.5 Å². The molecule has 0 N–H and O–H groups in total. The highest BCUT2D eigenvalue weighted by Crippen LogP contribution is 2.38. The van der Waals surface area contributed by atoms with Crippen molar-refractivity contribution in [3.8, 4) is 11.5 Å². The van der Waals surface area contributed by atoms with E-state index in [0.717, 1.165) is 35.8 Å². The smallest absolute Gasteiger partial charge is 0.387 e. The number of carbonyl (C=O) groups is 3. The average molecular weight is 806 g/mol. The van der Waals surface area contributed by atoms with Gasteiger partial charge in [-0.15, -0.1) is 0 Å². The first kappa shape index (κ1) is 38.7. The number of fused-ring (bicyclic) bond motifs is 1. The second-order valence-corrected chi connectivity index (χ2v) is 15.5. The van der Waals surface area contributed by atoms with Crippen LogP contribution in [0.5, 0.6) is 11.5 Å². The lowest BCUT2D eigenvalue weighted by Crippen LogP contribution is -2.36. The molecule has 2 aromatic heterocycles. The number of nitrogens with zero attached hydrogens (tertiary/aromatic N) is 4. The van der Waals surface area contributed by atoms with Gasteiger partial charge in [0, 0.05) is 17.7 Å². The van der Waals surface area contributed by atoms with Crippen LogP contribution in [0, 0.1) is 18.0 Å². The van der Waals surface area contributed by atoms with Crippen molar-refractivity contribution in [3.05, 3.63) is 116 Å². The third-order valence-electron chi connectivity index (χ3n) is 8.63. The monoisotopic (exact) mass is 804 g/mol. The number of alkyl halides is 2. The molecule has 2 amide bonds. The van der Waals surface area contributed by atoms with Crippen molar-refractivity contribution in [2.24, 2.45) is 5.92 Å². The summed E-state index contributed by atoms with van der Waals surface area (Å²) < 4.78 is 69.8. The number of rotatable bonds is 15. The predicted octanol–water partition coefficient (Wildman–Crippen LogP) is 5.81. The van der Waals surface area contributed by atoms with Gasteiger partial charge in [-0.3, -0.25) is 28.6 Å². The number of hydrogen-bond acceptors (Lipinski definition) is 10. The Morgan fingerprint density at radius 2 is 1.74 bits per heavy atom. The molecule has 1 fully saturated rings.